The Labute approximate surface area is 53.3 Å². The third-order valence-corrected chi connectivity index (χ3v) is 0.933. The number of hydrogen-bond donors (Lipinski definition) is 0. The number of hydrogen-bond acceptors (Lipinski definition) is 1. The Kier molecular flexibility index (Phi) is 1.49. The standard InChI is InChI=1S/C6H4ClN/c1-5-2-6(7)4-8-3-5/h1-4H. The van der Waals surface area contributed by atoms with E-state index < -0.39 is 0 Å². The van der Waals surface area contributed by atoms with Crippen LogP contribution in [0.25, 0.3) is 0 Å². The average Bonchev–Trinajstić information content (AvgIpc) is 1.64. The molecule has 0 unspecified atom stereocenters. The quantitative estimate of drug-likeness (QED) is 0.515. The van der Waals surface area contributed by atoms with Crippen LogP contribution >= 0.6 is 11.6 Å². The Hall–Kier alpha value is -0.560. The van der Waals surface area contributed by atoms with E-state index in [4.69, 9.17) is 18.5 Å². The molecule has 2 radical (unpaired) electrons. The van der Waals surface area contributed by atoms with Gasteiger partial charge < -0.3 is 0 Å². The van der Waals surface area contributed by atoms with Gasteiger partial charge in [0.25, 0.3) is 0 Å². The highest BCUT2D eigenvalue weighted by Crippen LogP contribution is 2.05. The topological polar surface area (TPSA) is 12.9 Å². The average molecular weight is 126 g/mol. The summed E-state index contributed by atoms with van der Waals surface area (Å²) in [6.45, 7) is 5.31. The van der Waals surface area contributed by atoms with Crippen LogP contribution in [-0.4, -0.2) is 4.98 Å². The van der Waals surface area contributed by atoms with E-state index in [0.717, 1.165) is 0 Å². The van der Waals surface area contributed by atoms with E-state index in [1.807, 2.05) is 0 Å². The zero-order valence-electron chi connectivity index (χ0n) is 4.13. The van der Waals surface area contributed by atoms with Crippen LogP contribution in [-0.2, 0) is 0 Å². The van der Waals surface area contributed by atoms with E-state index in [0.29, 0.717) is 10.6 Å². The van der Waals surface area contributed by atoms with Crippen LogP contribution < -0.4 is 0 Å². The van der Waals surface area contributed by atoms with Gasteiger partial charge in [0.05, 0.1) is 5.02 Å². The summed E-state index contributed by atoms with van der Waals surface area (Å²) >= 11 is 5.50. The van der Waals surface area contributed by atoms with Crippen molar-refractivity contribution in [2.45, 2.75) is 0 Å². The lowest BCUT2D eigenvalue weighted by Crippen LogP contribution is -1.73. The second-order valence-electron chi connectivity index (χ2n) is 1.44. The second-order valence-corrected chi connectivity index (χ2v) is 1.87. The summed E-state index contributed by atoms with van der Waals surface area (Å²) < 4.78 is 0. The van der Waals surface area contributed by atoms with Crippen molar-refractivity contribution in [3.8, 4) is 0 Å². The first kappa shape index (κ1) is 5.57. The lowest BCUT2D eigenvalue weighted by Gasteiger charge is -1.87. The van der Waals surface area contributed by atoms with Gasteiger partial charge >= 0.3 is 0 Å². The van der Waals surface area contributed by atoms with Gasteiger partial charge in [-0.15, -0.1) is 0 Å². The molecule has 0 N–H and O–H groups in total. The third-order valence-electron chi connectivity index (χ3n) is 0.726. The van der Waals surface area contributed by atoms with Gasteiger partial charge in [-0.3, -0.25) is 4.98 Å². The van der Waals surface area contributed by atoms with E-state index in [1.54, 1.807) is 12.3 Å². The summed E-state index contributed by atoms with van der Waals surface area (Å²) in [7, 11) is 0. The number of rotatable bonds is 0. The molecule has 0 saturated carbocycles. The Bertz CT molecular complexity index is 168. The van der Waals surface area contributed by atoms with Crippen molar-refractivity contribution in [1.29, 1.82) is 0 Å². The molecule has 0 fully saturated rings. The molecule has 0 spiro atoms. The number of nitrogens with zero attached hydrogens (tertiary/aromatic N) is 1. The molecule has 40 valence electrons. The predicted octanol–water partition coefficient (Wildman–Crippen LogP) is 1.79. The maximum atomic E-state index is 5.50. The van der Waals surface area contributed by atoms with E-state index in [1.165, 1.54) is 6.20 Å². The number of pyridine rings is 1. The summed E-state index contributed by atoms with van der Waals surface area (Å²) in [4.78, 5) is 3.73. The van der Waals surface area contributed by atoms with Gasteiger partial charge in [0, 0.05) is 19.3 Å². The summed E-state index contributed by atoms with van der Waals surface area (Å²) in [5.74, 6) is 0. The molecule has 1 rings (SSSR count). The molecule has 0 aliphatic rings. The van der Waals surface area contributed by atoms with E-state index in [-0.39, 0.29) is 0 Å². The van der Waals surface area contributed by atoms with Crippen LogP contribution in [0.1, 0.15) is 5.56 Å². The summed E-state index contributed by atoms with van der Waals surface area (Å²) in [6, 6.07) is 1.65. The van der Waals surface area contributed by atoms with Gasteiger partial charge in [0.1, 0.15) is 0 Å². The van der Waals surface area contributed by atoms with Crippen molar-refractivity contribution < 1.29 is 0 Å². The first-order valence-corrected chi connectivity index (χ1v) is 2.53. The Balaban J connectivity index is 3.08. The zero-order chi connectivity index (χ0) is 5.98. The molecule has 1 heterocycles. The molecular weight excluding hydrogens is 122 g/mol. The summed E-state index contributed by atoms with van der Waals surface area (Å²) in [5, 5.41) is 0.574. The fourth-order valence-corrected chi connectivity index (χ4v) is 0.611. The molecule has 1 aromatic heterocycles. The van der Waals surface area contributed by atoms with E-state index in [2.05, 4.69) is 4.98 Å². The predicted molar refractivity (Wildman–Crippen MR) is 32.6 cm³/mol. The molecule has 0 aliphatic heterocycles. The molecule has 8 heavy (non-hydrogen) atoms. The van der Waals surface area contributed by atoms with Gasteiger partial charge in [-0.1, -0.05) is 11.6 Å². The van der Waals surface area contributed by atoms with Crippen molar-refractivity contribution in [2.75, 3.05) is 0 Å². The van der Waals surface area contributed by atoms with E-state index in [9.17, 15) is 0 Å². The Morgan fingerprint density at radius 2 is 2.25 bits per heavy atom. The minimum Gasteiger partial charge on any atom is -0.263 e. The fourth-order valence-electron chi connectivity index (χ4n) is 0.428. The highest BCUT2D eigenvalue weighted by Gasteiger charge is 1.84. The molecular formula is C6H4ClN. The molecule has 0 bridgehead atoms. The summed E-state index contributed by atoms with van der Waals surface area (Å²) in [5.41, 5.74) is 0.595. The second kappa shape index (κ2) is 2.14. The van der Waals surface area contributed by atoms with Gasteiger partial charge in [0.2, 0.25) is 0 Å². The van der Waals surface area contributed by atoms with Gasteiger partial charge in [-0.25, -0.2) is 0 Å². The number of halogens is 1. The largest absolute Gasteiger partial charge is 0.263 e. The van der Waals surface area contributed by atoms with Crippen LogP contribution in [0.15, 0.2) is 18.5 Å². The van der Waals surface area contributed by atoms with Crippen LogP contribution in [0, 0.1) is 6.92 Å². The first-order valence-electron chi connectivity index (χ1n) is 2.15. The smallest absolute Gasteiger partial charge is 0.0592 e. The van der Waals surface area contributed by atoms with E-state index >= 15 is 0 Å². The van der Waals surface area contributed by atoms with Gasteiger partial charge in [0.15, 0.2) is 0 Å². The molecule has 0 aliphatic carbocycles. The van der Waals surface area contributed by atoms with Crippen LogP contribution in [0.3, 0.4) is 0 Å². The third kappa shape index (κ3) is 1.20. The Morgan fingerprint density at radius 1 is 1.50 bits per heavy atom. The van der Waals surface area contributed by atoms with Crippen molar-refractivity contribution >= 4 is 11.6 Å². The lowest BCUT2D eigenvalue weighted by atomic mass is 10.3. The molecule has 1 aromatic rings. The molecule has 0 atom stereocenters. The molecule has 2 heteroatoms. The Morgan fingerprint density at radius 3 is 2.62 bits per heavy atom. The minimum atomic E-state index is 0.574. The maximum absolute atomic E-state index is 5.50. The fraction of sp³-hybridized carbons (Fsp3) is 0. The first-order chi connectivity index (χ1) is 3.79. The van der Waals surface area contributed by atoms with Crippen LogP contribution in [0.4, 0.5) is 0 Å². The van der Waals surface area contributed by atoms with Gasteiger partial charge in [-0.2, -0.15) is 0 Å². The molecule has 0 aromatic carbocycles. The van der Waals surface area contributed by atoms with Crippen molar-refractivity contribution in [3.63, 3.8) is 0 Å². The van der Waals surface area contributed by atoms with Crippen molar-refractivity contribution in [1.82, 2.24) is 4.98 Å². The highest BCUT2D eigenvalue weighted by molar-refractivity contribution is 6.30. The number of aromatic nitrogens is 1. The summed E-state index contributed by atoms with van der Waals surface area (Å²) in [6.07, 6.45) is 3.09. The van der Waals surface area contributed by atoms with Gasteiger partial charge in [-0.05, 0) is 11.6 Å². The molecule has 1 nitrogen and oxygen atoms in total. The maximum Gasteiger partial charge on any atom is 0.0592 e. The zero-order valence-corrected chi connectivity index (χ0v) is 4.89. The highest BCUT2D eigenvalue weighted by atomic mass is 35.5. The van der Waals surface area contributed by atoms with Crippen LogP contribution in [0.2, 0.25) is 5.02 Å². The van der Waals surface area contributed by atoms with Crippen molar-refractivity contribution in [2.24, 2.45) is 0 Å². The lowest BCUT2D eigenvalue weighted by molar-refractivity contribution is 1.31. The van der Waals surface area contributed by atoms with Crippen LogP contribution in [0.5, 0.6) is 0 Å². The van der Waals surface area contributed by atoms with Crippen molar-refractivity contribution in [3.05, 3.63) is 36.0 Å². The monoisotopic (exact) mass is 125 g/mol. The normalized spacial score (nSPS) is 9.25. The SMILES string of the molecule is [CH]c1cncc(Cl)c1. The molecule has 0 amide bonds. The molecule has 0 saturated heterocycles. The minimum absolute atomic E-state index is 0.574.